The van der Waals surface area contributed by atoms with Crippen molar-refractivity contribution in [1.29, 1.82) is 0 Å². The van der Waals surface area contributed by atoms with Crippen molar-refractivity contribution in [2.45, 2.75) is 6.10 Å². The van der Waals surface area contributed by atoms with E-state index in [1.54, 1.807) is 25.1 Å². The molecule has 0 saturated carbocycles. The molecule has 3 rings (SSSR count). The monoisotopic (exact) mass is 329 g/mol. The first kappa shape index (κ1) is 15.7. The summed E-state index contributed by atoms with van der Waals surface area (Å²) in [5.41, 5.74) is 0.822. The lowest BCUT2D eigenvalue weighted by atomic mass is 10.2. The van der Waals surface area contributed by atoms with Gasteiger partial charge in [-0.3, -0.25) is 0 Å². The zero-order valence-electron chi connectivity index (χ0n) is 13.2. The maximum atomic E-state index is 5.92. The summed E-state index contributed by atoms with van der Waals surface area (Å²) in [6.45, 7) is 1.69. The van der Waals surface area contributed by atoms with Crippen LogP contribution in [0.1, 0.15) is 0 Å². The number of thioether (sulfide) groups is 1. The van der Waals surface area contributed by atoms with Crippen LogP contribution in [0.5, 0.6) is 11.6 Å². The van der Waals surface area contributed by atoms with E-state index in [9.17, 15) is 0 Å². The Bertz CT molecular complexity index is 655. The lowest BCUT2D eigenvalue weighted by molar-refractivity contribution is 0.0700. The number of rotatable bonds is 4. The lowest BCUT2D eigenvalue weighted by Gasteiger charge is -2.40. The van der Waals surface area contributed by atoms with Crippen LogP contribution >= 0.6 is 11.8 Å². The van der Waals surface area contributed by atoms with Crippen LogP contribution in [0.4, 0.5) is 5.69 Å². The zero-order valence-corrected chi connectivity index (χ0v) is 14.0. The minimum absolute atomic E-state index is 0.212. The summed E-state index contributed by atoms with van der Waals surface area (Å²) < 4.78 is 11.0. The first-order valence-corrected chi connectivity index (χ1v) is 8.60. The molecule has 0 amide bonds. The van der Waals surface area contributed by atoms with E-state index >= 15 is 0 Å². The van der Waals surface area contributed by atoms with Crippen LogP contribution in [0, 0.1) is 0 Å². The van der Waals surface area contributed by atoms with E-state index in [0.29, 0.717) is 5.88 Å². The van der Waals surface area contributed by atoms with E-state index < -0.39 is 0 Å². The summed E-state index contributed by atoms with van der Waals surface area (Å²) in [6, 6.07) is 13.6. The SMILES string of the molecule is COc1ccc(N=C(SC)N2CC(Oc3ccccc3)C2)cn1. The van der Waals surface area contributed by atoms with Gasteiger partial charge in [-0.15, -0.1) is 0 Å². The summed E-state index contributed by atoms with van der Waals surface area (Å²) in [5.74, 6) is 1.51. The standard InChI is InChI=1S/C17H19N3O2S/c1-21-16-9-8-13(10-18-16)19-17(23-2)20-11-15(12-20)22-14-6-4-3-5-7-14/h3-10,15H,11-12H2,1-2H3. The van der Waals surface area contributed by atoms with Gasteiger partial charge in [-0.25, -0.2) is 9.98 Å². The van der Waals surface area contributed by atoms with Crippen LogP contribution in [0.2, 0.25) is 0 Å². The zero-order chi connectivity index (χ0) is 16.1. The van der Waals surface area contributed by atoms with Crippen molar-refractivity contribution in [2.75, 3.05) is 26.5 Å². The van der Waals surface area contributed by atoms with E-state index in [1.165, 1.54) is 0 Å². The molecule has 0 radical (unpaired) electrons. The molecule has 1 aromatic carbocycles. The van der Waals surface area contributed by atoms with Crippen molar-refractivity contribution in [2.24, 2.45) is 4.99 Å². The van der Waals surface area contributed by atoms with Crippen LogP contribution in [-0.4, -0.2) is 47.6 Å². The number of hydrogen-bond donors (Lipinski definition) is 0. The third-order valence-electron chi connectivity index (χ3n) is 3.50. The summed E-state index contributed by atoms with van der Waals surface area (Å²) in [6.07, 6.45) is 3.96. The molecule has 1 saturated heterocycles. The molecule has 1 aromatic heterocycles. The van der Waals surface area contributed by atoms with E-state index in [4.69, 9.17) is 9.47 Å². The maximum Gasteiger partial charge on any atom is 0.213 e. The Morgan fingerprint density at radius 3 is 2.61 bits per heavy atom. The molecule has 1 aliphatic heterocycles. The number of likely N-dealkylation sites (tertiary alicyclic amines) is 1. The molecule has 0 bridgehead atoms. The molecule has 2 heterocycles. The highest BCUT2D eigenvalue weighted by molar-refractivity contribution is 8.13. The van der Waals surface area contributed by atoms with Gasteiger partial charge in [-0.05, 0) is 24.5 Å². The van der Waals surface area contributed by atoms with Crippen LogP contribution in [0.15, 0.2) is 53.7 Å². The van der Waals surface area contributed by atoms with Gasteiger partial charge in [-0.2, -0.15) is 0 Å². The van der Waals surface area contributed by atoms with Gasteiger partial charge in [-0.1, -0.05) is 30.0 Å². The molecule has 0 unspecified atom stereocenters. The predicted octanol–water partition coefficient (Wildman–Crippen LogP) is 3.20. The van der Waals surface area contributed by atoms with Gasteiger partial charge in [0, 0.05) is 6.07 Å². The molecule has 1 fully saturated rings. The van der Waals surface area contributed by atoms with Crippen LogP contribution in [-0.2, 0) is 0 Å². The summed E-state index contributed by atoms with van der Waals surface area (Å²) in [4.78, 5) is 11.0. The van der Waals surface area contributed by atoms with Gasteiger partial charge in [0.1, 0.15) is 11.9 Å². The van der Waals surface area contributed by atoms with Crippen molar-refractivity contribution < 1.29 is 9.47 Å². The molecule has 5 nitrogen and oxygen atoms in total. The Kier molecular flexibility index (Phi) is 5.02. The highest BCUT2D eigenvalue weighted by atomic mass is 32.2. The van der Waals surface area contributed by atoms with Crippen LogP contribution < -0.4 is 9.47 Å². The van der Waals surface area contributed by atoms with E-state index in [1.807, 2.05) is 48.7 Å². The summed E-state index contributed by atoms with van der Waals surface area (Å²) in [5, 5.41) is 0.977. The van der Waals surface area contributed by atoms with Crippen LogP contribution in [0.25, 0.3) is 0 Å². The second-order valence-corrected chi connectivity index (χ2v) is 5.89. The molecule has 2 aromatic rings. The third-order valence-corrected chi connectivity index (χ3v) is 4.22. The third kappa shape index (κ3) is 3.96. The molecule has 0 spiro atoms. The average Bonchev–Trinajstić information content (AvgIpc) is 2.57. The molecule has 120 valence electrons. The fourth-order valence-electron chi connectivity index (χ4n) is 2.28. The van der Waals surface area contributed by atoms with E-state index in [2.05, 4.69) is 14.9 Å². The lowest BCUT2D eigenvalue weighted by Crippen LogP contribution is -2.55. The minimum atomic E-state index is 0.212. The fourth-order valence-corrected chi connectivity index (χ4v) is 2.88. The quantitative estimate of drug-likeness (QED) is 0.637. The predicted molar refractivity (Wildman–Crippen MR) is 93.8 cm³/mol. The second kappa shape index (κ2) is 7.37. The number of aliphatic imine (C=N–C) groups is 1. The van der Waals surface area contributed by atoms with Crippen molar-refractivity contribution in [3.05, 3.63) is 48.7 Å². The Morgan fingerprint density at radius 2 is 2.00 bits per heavy atom. The van der Waals surface area contributed by atoms with Crippen molar-refractivity contribution in [3.8, 4) is 11.6 Å². The van der Waals surface area contributed by atoms with Crippen molar-refractivity contribution in [3.63, 3.8) is 0 Å². The molecular formula is C17H19N3O2S. The second-order valence-electron chi connectivity index (χ2n) is 5.12. The smallest absolute Gasteiger partial charge is 0.213 e. The molecule has 1 aliphatic rings. The number of methoxy groups -OCH3 is 1. The Balaban J connectivity index is 1.58. The normalized spacial score (nSPS) is 15.2. The summed E-state index contributed by atoms with van der Waals surface area (Å²) >= 11 is 1.63. The van der Waals surface area contributed by atoms with Crippen molar-refractivity contribution >= 4 is 22.6 Å². The number of ether oxygens (including phenoxy) is 2. The topological polar surface area (TPSA) is 47.0 Å². The molecule has 0 N–H and O–H groups in total. The van der Waals surface area contributed by atoms with Gasteiger partial charge in [0.05, 0.1) is 32.1 Å². The molecule has 23 heavy (non-hydrogen) atoms. The number of nitrogens with zero attached hydrogens (tertiary/aromatic N) is 3. The number of aromatic nitrogens is 1. The molecule has 6 heteroatoms. The van der Waals surface area contributed by atoms with Gasteiger partial charge in [0.15, 0.2) is 5.17 Å². The maximum absolute atomic E-state index is 5.92. The Morgan fingerprint density at radius 1 is 1.22 bits per heavy atom. The van der Waals surface area contributed by atoms with Gasteiger partial charge < -0.3 is 14.4 Å². The van der Waals surface area contributed by atoms with E-state index in [0.717, 1.165) is 29.7 Å². The Hall–Kier alpha value is -2.21. The number of para-hydroxylation sites is 1. The number of pyridine rings is 1. The number of benzene rings is 1. The minimum Gasteiger partial charge on any atom is -0.487 e. The largest absolute Gasteiger partial charge is 0.487 e. The first-order chi connectivity index (χ1) is 11.3. The molecular weight excluding hydrogens is 310 g/mol. The Labute approximate surface area is 140 Å². The van der Waals surface area contributed by atoms with E-state index in [-0.39, 0.29) is 6.10 Å². The van der Waals surface area contributed by atoms with Gasteiger partial charge in [0.25, 0.3) is 0 Å². The number of hydrogen-bond acceptors (Lipinski definition) is 5. The van der Waals surface area contributed by atoms with Gasteiger partial charge >= 0.3 is 0 Å². The van der Waals surface area contributed by atoms with Gasteiger partial charge in [0.2, 0.25) is 5.88 Å². The number of amidine groups is 1. The van der Waals surface area contributed by atoms with Crippen molar-refractivity contribution in [1.82, 2.24) is 9.88 Å². The molecule has 0 atom stereocenters. The molecule has 0 aliphatic carbocycles. The highest BCUT2D eigenvalue weighted by Crippen LogP contribution is 2.23. The first-order valence-electron chi connectivity index (χ1n) is 7.38. The van der Waals surface area contributed by atoms with Crippen LogP contribution in [0.3, 0.4) is 0 Å². The highest BCUT2D eigenvalue weighted by Gasteiger charge is 2.30. The average molecular weight is 329 g/mol. The summed E-state index contributed by atoms with van der Waals surface area (Å²) in [7, 11) is 1.60. The fraction of sp³-hybridized carbons (Fsp3) is 0.294.